The minimum atomic E-state index is -0.254. The Morgan fingerprint density at radius 2 is 1.96 bits per heavy atom. The number of carbonyl (C=O) groups excluding carboxylic acids is 1. The molecule has 1 aliphatic rings. The lowest BCUT2D eigenvalue weighted by molar-refractivity contribution is -0.122. The topological polar surface area (TPSA) is 50.4 Å². The fourth-order valence-corrected chi connectivity index (χ4v) is 3.37. The Balaban J connectivity index is 0.00000338. The van der Waals surface area contributed by atoms with E-state index < -0.39 is 0 Å². The van der Waals surface area contributed by atoms with Crippen LogP contribution in [0.5, 0.6) is 5.75 Å². The highest BCUT2D eigenvalue weighted by molar-refractivity contribution is 5.85. The first-order valence-electron chi connectivity index (χ1n) is 9.50. The Bertz CT molecular complexity index is 578. The van der Waals surface area contributed by atoms with E-state index in [1.807, 2.05) is 32.9 Å². The van der Waals surface area contributed by atoms with E-state index in [9.17, 15) is 4.79 Å². The van der Waals surface area contributed by atoms with Crippen LogP contribution in [0.4, 0.5) is 0 Å². The number of benzene rings is 1. The van der Waals surface area contributed by atoms with E-state index in [2.05, 4.69) is 30.5 Å². The Morgan fingerprint density at radius 1 is 1.31 bits per heavy atom. The average molecular weight is 383 g/mol. The monoisotopic (exact) mass is 382 g/mol. The summed E-state index contributed by atoms with van der Waals surface area (Å²) >= 11 is 0. The summed E-state index contributed by atoms with van der Waals surface area (Å²) in [5.41, 5.74) is 1.94. The molecule has 1 heterocycles. The number of piperidine rings is 1. The number of amides is 1. The first-order chi connectivity index (χ1) is 11.7. The van der Waals surface area contributed by atoms with Gasteiger partial charge in [-0.15, -0.1) is 12.4 Å². The fraction of sp³-hybridized carbons (Fsp3) is 0.667. The van der Waals surface area contributed by atoms with Gasteiger partial charge in [0.05, 0.1) is 0 Å². The first kappa shape index (κ1) is 22.8. The lowest BCUT2D eigenvalue weighted by Crippen LogP contribution is -2.33. The van der Waals surface area contributed by atoms with E-state index in [0.29, 0.717) is 24.8 Å². The zero-order valence-electron chi connectivity index (χ0n) is 16.9. The number of carbonyl (C=O) groups is 1. The van der Waals surface area contributed by atoms with Crippen molar-refractivity contribution < 1.29 is 9.53 Å². The summed E-state index contributed by atoms with van der Waals surface area (Å²) in [6.45, 7) is 13.0. The standard InChI is InChI=1S/C21H34N2O2.ClH/c1-15-6-7-18(19(12-15)25-21(3,4)5)14-23-20(24)13-16(2)17-8-10-22-11-9-17;/h6-7,12,16-17,22H,8-11,13-14H2,1-5H3,(H,23,24);1H. The quantitative estimate of drug-likeness (QED) is 0.773. The third-order valence-electron chi connectivity index (χ3n) is 4.81. The van der Waals surface area contributed by atoms with Crippen LogP contribution in [0.1, 0.15) is 58.1 Å². The molecule has 0 spiro atoms. The van der Waals surface area contributed by atoms with Crippen molar-refractivity contribution in [2.45, 2.75) is 66.0 Å². The van der Waals surface area contributed by atoms with Gasteiger partial charge in [-0.05, 0) is 77.1 Å². The van der Waals surface area contributed by atoms with Gasteiger partial charge in [-0.1, -0.05) is 19.1 Å². The van der Waals surface area contributed by atoms with Gasteiger partial charge in [-0.3, -0.25) is 4.79 Å². The fourth-order valence-electron chi connectivity index (χ4n) is 3.37. The maximum atomic E-state index is 12.4. The van der Waals surface area contributed by atoms with Gasteiger partial charge in [-0.25, -0.2) is 0 Å². The molecule has 0 radical (unpaired) electrons. The summed E-state index contributed by atoms with van der Waals surface area (Å²) < 4.78 is 6.06. The highest BCUT2D eigenvalue weighted by atomic mass is 35.5. The van der Waals surface area contributed by atoms with Crippen LogP contribution in [-0.4, -0.2) is 24.6 Å². The maximum Gasteiger partial charge on any atom is 0.220 e. The van der Waals surface area contributed by atoms with Crippen molar-refractivity contribution in [1.29, 1.82) is 0 Å². The van der Waals surface area contributed by atoms with Crippen molar-refractivity contribution in [2.24, 2.45) is 11.8 Å². The van der Waals surface area contributed by atoms with Gasteiger partial charge in [0.25, 0.3) is 0 Å². The maximum absolute atomic E-state index is 12.4. The molecule has 1 aliphatic heterocycles. The van der Waals surface area contributed by atoms with Crippen LogP contribution in [0.25, 0.3) is 0 Å². The van der Waals surface area contributed by atoms with Gasteiger partial charge in [-0.2, -0.15) is 0 Å². The van der Waals surface area contributed by atoms with Gasteiger partial charge < -0.3 is 15.4 Å². The van der Waals surface area contributed by atoms with Crippen molar-refractivity contribution in [3.05, 3.63) is 29.3 Å². The van der Waals surface area contributed by atoms with Gasteiger partial charge in [0.15, 0.2) is 0 Å². The molecule has 2 N–H and O–H groups in total. The molecule has 26 heavy (non-hydrogen) atoms. The Kier molecular flexibility index (Phi) is 8.91. The Hall–Kier alpha value is -1.26. The number of nitrogens with one attached hydrogen (secondary N) is 2. The first-order valence-corrected chi connectivity index (χ1v) is 9.50. The number of ether oxygens (including phenoxy) is 1. The van der Waals surface area contributed by atoms with E-state index in [1.165, 1.54) is 12.8 Å². The number of hydrogen-bond acceptors (Lipinski definition) is 3. The molecule has 0 bridgehead atoms. The van der Waals surface area contributed by atoms with Crippen molar-refractivity contribution in [3.8, 4) is 5.75 Å². The molecule has 1 saturated heterocycles. The highest BCUT2D eigenvalue weighted by Gasteiger charge is 2.22. The van der Waals surface area contributed by atoms with Crippen molar-refractivity contribution in [2.75, 3.05) is 13.1 Å². The van der Waals surface area contributed by atoms with Gasteiger partial charge in [0.1, 0.15) is 11.4 Å². The lowest BCUT2D eigenvalue weighted by Gasteiger charge is -2.28. The predicted molar refractivity (Wildman–Crippen MR) is 110 cm³/mol. The molecule has 1 unspecified atom stereocenters. The van der Waals surface area contributed by atoms with Gasteiger partial charge >= 0.3 is 0 Å². The van der Waals surface area contributed by atoms with Crippen LogP contribution in [0, 0.1) is 18.8 Å². The molecular formula is C21H35ClN2O2. The highest BCUT2D eigenvalue weighted by Crippen LogP contribution is 2.26. The Morgan fingerprint density at radius 3 is 2.58 bits per heavy atom. The largest absolute Gasteiger partial charge is 0.488 e. The van der Waals surface area contributed by atoms with Crippen LogP contribution in [-0.2, 0) is 11.3 Å². The molecule has 2 rings (SSSR count). The molecule has 1 aromatic carbocycles. The summed E-state index contributed by atoms with van der Waals surface area (Å²) in [6, 6.07) is 6.16. The van der Waals surface area contributed by atoms with Crippen LogP contribution in [0.15, 0.2) is 18.2 Å². The molecular weight excluding hydrogens is 348 g/mol. The van der Waals surface area contributed by atoms with Crippen LogP contribution >= 0.6 is 12.4 Å². The minimum absolute atomic E-state index is 0. The molecule has 0 saturated carbocycles. The summed E-state index contributed by atoms with van der Waals surface area (Å²) in [5.74, 6) is 2.09. The minimum Gasteiger partial charge on any atom is -0.488 e. The summed E-state index contributed by atoms with van der Waals surface area (Å²) in [4.78, 5) is 12.4. The second-order valence-corrected chi connectivity index (χ2v) is 8.37. The van der Waals surface area contributed by atoms with Crippen LogP contribution in [0.2, 0.25) is 0 Å². The lowest BCUT2D eigenvalue weighted by atomic mass is 9.84. The molecule has 1 amide bonds. The summed E-state index contributed by atoms with van der Waals surface area (Å²) in [5, 5.41) is 6.46. The molecule has 1 fully saturated rings. The zero-order valence-corrected chi connectivity index (χ0v) is 17.7. The molecule has 5 heteroatoms. The van der Waals surface area contributed by atoms with Gasteiger partial charge in [0.2, 0.25) is 5.91 Å². The van der Waals surface area contributed by atoms with Crippen molar-refractivity contribution >= 4 is 18.3 Å². The van der Waals surface area contributed by atoms with Crippen molar-refractivity contribution in [3.63, 3.8) is 0 Å². The molecule has 148 valence electrons. The van der Waals surface area contributed by atoms with E-state index in [4.69, 9.17) is 4.74 Å². The van der Waals surface area contributed by atoms with E-state index in [0.717, 1.165) is 30.0 Å². The Labute approximate surface area is 164 Å². The third kappa shape index (κ3) is 7.55. The average Bonchev–Trinajstić information content (AvgIpc) is 2.53. The third-order valence-corrected chi connectivity index (χ3v) is 4.81. The SMILES string of the molecule is Cc1ccc(CNC(=O)CC(C)C2CCNCC2)c(OC(C)(C)C)c1.Cl. The van der Waals surface area contributed by atoms with Crippen LogP contribution in [0.3, 0.4) is 0 Å². The van der Waals surface area contributed by atoms with Crippen molar-refractivity contribution in [1.82, 2.24) is 10.6 Å². The summed E-state index contributed by atoms with van der Waals surface area (Å²) in [7, 11) is 0. The molecule has 0 aliphatic carbocycles. The van der Waals surface area contributed by atoms with Crippen LogP contribution < -0.4 is 15.4 Å². The predicted octanol–water partition coefficient (Wildman–Crippen LogP) is 4.24. The number of rotatable bonds is 6. The van der Waals surface area contributed by atoms with E-state index in [-0.39, 0.29) is 23.9 Å². The smallest absolute Gasteiger partial charge is 0.220 e. The zero-order chi connectivity index (χ0) is 18.4. The normalized spacial score (nSPS) is 16.5. The van der Waals surface area contributed by atoms with E-state index in [1.54, 1.807) is 0 Å². The molecule has 1 atom stereocenters. The number of aryl methyl sites for hydroxylation is 1. The molecule has 4 nitrogen and oxygen atoms in total. The van der Waals surface area contributed by atoms with Gasteiger partial charge in [0, 0.05) is 18.5 Å². The second kappa shape index (κ2) is 10.2. The molecule has 0 aromatic heterocycles. The number of halogens is 1. The van der Waals surface area contributed by atoms with E-state index >= 15 is 0 Å². The molecule has 1 aromatic rings. The number of hydrogen-bond donors (Lipinski definition) is 2. The summed E-state index contributed by atoms with van der Waals surface area (Å²) in [6.07, 6.45) is 2.96. The second-order valence-electron chi connectivity index (χ2n) is 8.37.